The van der Waals surface area contributed by atoms with Crippen molar-refractivity contribution in [2.75, 3.05) is 19.6 Å². The average molecular weight is 351 g/mol. The van der Waals surface area contributed by atoms with E-state index >= 15 is 0 Å². The first kappa shape index (κ1) is 17.1. The fourth-order valence-corrected chi connectivity index (χ4v) is 2.88. The fourth-order valence-electron chi connectivity index (χ4n) is 2.88. The molecule has 0 spiro atoms. The van der Waals surface area contributed by atoms with E-state index in [0.29, 0.717) is 24.1 Å². The Hall–Kier alpha value is -2.71. The van der Waals surface area contributed by atoms with Gasteiger partial charge in [0.15, 0.2) is 0 Å². The molecule has 1 aromatic heterocycles. The first-order chi connectivity index (χ1) is 12.0. The van der Waals surface area contributed by atoms with E-state index in [-0.39, 0.29) is 24.7 Å². The van der Waals surface area contributed by atoms with Gasteiger partial charge < -0.3 is 15.5 Å². The van der Waals surface area contributed by atoms with Gasteiger partial charge in [0.1, 0.15) is 5.82 Å². The van der Waals surface area contributed by atoms with Gasteiger partial charge in [0.05, 0.1) is 17.1 Å². The lowest BCUT2D eigenvalue weighted by atomic mass is 10.3. The summed E-state index contributed by atoms with van der Waals surface area (Å²) < 4.78 is 27.8. The average Bonchev–Trinajstić information content (AvgIpc) is 2.84. The van der Waals surface area contributed by atoms with E-state index in [1.807, 2.05) is 0 Å². The van der Waals surface area contributed by atoms with Crippen molar-refractivity contribution in [1.82, 2.24) is 25.1 Å². The number of halogens is 2. The number of fused-ring (bicyclic) bond motifs is 1. The fraction of sp³-hybridized carbons (Fsp3) is 0.438. The molecule has 7 nitrogen and oxygen atoms in total. The number of rotatable bonds is 3. The third-order valence-electron chi connectivity index (χ3n) is 4.15. The zero-order valence-electron chi connectivity index (χ0n) is 13.7. The maximum atomic E-state index is 13.5. The zero-order valence-corrected chi connectivity index (χ0v) is 13.7. The highest BCUT2D eigenvalue weighted by atomic mass is 19.3. The Balaban J connectivity index is 1.80. The van der Waals surface area contributed by atoms with Gasteiger partial charge in [-0.3, -0.25) is 9.36 Å². The minimum atomic E-state index is -2.76. The molecule has 1 fully saturated rings. The highest BCUT2D eigenvalue weighted by molar-refractivity contribution is 5.80. The van der Waals surface area contributed by atoms with Gasteiger partial charge in [-0.15, -0.1) is 0 Å². The van der Waals surface area contributed by atoms with E-state index in [0.717, 1.165) is 4.57 Å². The van der Waals surface area contributed by atoms with Crippen LogP contribution in [0, 0.1) is 0 Å². The summed E-state index contributed by atoms with van der Waals surface area (Å²) >= 11 is 0. The molecule has 2 aromatic rings. The van der Waals surface area contributed by atoms with Crippen molar-refractivity contribution in [2.24, 2.45) is 0 Å². The molecular weight excluding hydrogens is 332 g/mol. The summed E-state index contributed by atoms with van der Waals surface area (Å²) in [7, 11) is 0. The lowest BCUT2D eigenvalue weighted by Crippen LogP contribution is -2.43. The van der Waals surface area contributed by atoms with Crippen molar-refractivity contribution in [1.29, 1.82) is 0 Å². The summed E-state index contributed by atoms with van der Waals surface area (Å²) in [5, 5.41) is 5.38. The molecule has 0 aliphatic carbocycles. The predicted octanol–water partition coefficient (Wildman–Crippen LogP) is 2.02. The summed E-state index contributed by atoms with van der Waals surface area (Å²) in [5.74, 6) is -0.0172. The molecule has 3 rings (SSSR count). The molecule has 0 radical (unpaired) electrons. The number of nitrogens with one attached hydrogen (secondary N) is 2. The van der Waals surface area contributed by atoms with Crippen LogP contribution in [0.15, 0.2) is 24.3 Å². The quantitative estimate of drug-likeness (QED) is 0.888. The Morgan fingerprint density at radius 2 is 2.08 bits per heavy atom. The molecule has 1 saturated heterocycles. The van der Waals surface area contributed by atoms with Gasteiger partial charge in [0, 0.05) is 26.1 Å². The number of nitrogens with zero attached hydrogens (tertiary/aromatic N) is 3. The van der Waals surface area contributed by atoms with Crippen LogP contribution in [0.1, 0.15) is 31.8 Å². The number of hydrogen-bond acceptors (Lipinski definition) is 3. The molecule has 0 saturated carbocycles. The van der Waals surface area contributed by atoms with Gasteiger partial charge in [-0.1, -0.05) is 12.1 Å². The van der Waals surface area contributed by atoms with Gasteiger partial charge in [-0.05, 0) is 19.1 Å². The summed E-state index contributed by atoms with van der Waals surface area (Å²) in [6.45, 7) is -0.123. The Bertz CT molecular complexity index is 792. The highest BCUT2D eigenvalue weighted by Gasteiger charge is 2.25. The molecule has 2 N–H and O–H groups in total. The second kappa shape index (κ2) is 7.04. The lowest BCUT2D eigenvalue weighted by Gasteiger charge is -2.23. The number of imidazole rings is 1. The summed E-state index contributed by atoms with van der Waals surface area (Å²) in [6, 6.07) is 5.49. The van der Waals surface area contributed by atoms with Crippen molar-refractivity contribution in [3.05, 3.63) is 30.1 Å². The maximum Gasteiger partial charge on any atom is 0.320 e. The van der Waals surface area contributed by atoms with Crippen LogP contribution in [0.25, 0.3) is 11.0 Å². The minimum absolute atomic E-state index is 0.0913. The summed E-state index contributed by atoms with van der Waals surface area (Å²) in [4.78, 5) is 29.5. The van der Waals surface area contributed by atoms with Crippen LogP contribution in [0.3, 0.4) is 0 Å². The van der Waals surface area contributed by atoms with Crippen molar-refractivity contribution >= 4 is 23.0 Å². The number of para-hydroxylation sites is 2. The third-order valence-corrected chi connectivity index (χ3v) is 4.15. The van der Waals surface area contributed by atoms with Gasteiger partial charge >= 0.3 is 12.6 Å². The number of urea groups is 1. The molecule has 1 aliphatic heterocycles. The highest BCUT2D eigenvalue weighted by Crippen LogP contribution is 2.26. The van der Waals surface area contributed by atoms with E-state index in [4.69, 9.17) is 0 Å². The standard InChI is InChI=1S/C16H19F2N5O2/c1-10(20-16(25)22-8-6-13(24)19-7-9-22)14-21-11-4-2-3-5-12(11)23(14)15(17)18/h2-5,10,15H,6-9H2,1H3,(H,19,24)(H,20,25). The Labute approximate surface area is 143 Å². The summed E-state index contributed by atoms with van der Waals surface area (Å²) in [6.07, 6.45) is 0.220. The van der Waals surface area contributed by atoms with Crippen molar-refractivity contribution in [3.8, 4) is 0 Å². The van der Waals surface area contributed by atoms with Crippen LogP contribution in [0.2, 0.25) is 0 Å². The first-order valence-corrected chi connectivity index (χ1v) is 8.04. The Morgan fingerprint density at radius 1 is 1.32 bits per heavy atom. The first-order valence-electron chi connectivity index (χ1n) is 8.04. The normalized spacial score (nSPS) is 16.6. The Kier molecular flexibility index (Phi) is 4.82. The third kappa shape index (κ3) is 3.54. The molecule has 1 aliphatic rings. The number of hydrogen-bond donors (Lipinski definition) is 2. The monoisotopic (exact) mass is 351 g/mol. The largest absolute Gasteiger partial charge is 0.354 e. The van der Waals surface area contributed by atoms with Crippen molar-refractivity contribution < 1.29 is 18.4 Å². The molecule has 2 heterocycles. The predicted molar refractivity (Wildman–Crippen MR) is 87.1 cm³/mol. The number of amides is 3. The van der Waals surface area contributed by atoms with Gasteiger partial charge in [0.25, 0.3) is 0 Å². The van der Waals surface area contributed by atoms with Crippen LogP contribution >= 0.6 is 0 Å². The smallest absolute Gasteiger partial charge is 0.320 e. The van der Waals surface area contributed by atoms with E-state index in [1.165, 1.54) is 4.90 Å². The lowest BCUT2D eigenvalue weighted by molar-refractivity contribution is -0.120. The molecule has 0 bridgehead atoms. The van der Waals surface area contributed by atoms with Gasteiger partial charge in [0.2, 0.25) is 5.91 Å². The number of carbonyl (C=O) groups is 2. The Morgan fingerprint density at radius 3 is 2.84 bits per heavy atom. The second-order valence-electron chi connectivity index (χ2n) is 5.86. The van der Waals surface area contributed by atoms with Crippen LogP contribution < -0.4 is 10.6 Å². The number of carbonyl (C=O) groups excluding carboxylic acids is 2. The minimum Gasteiger partial charge on any atom is -0.354 e. The van der Waals surface area contributed by atoms with Crippen LogP contribution in [-0.2, 0) is 4.79 Å². The van der Waals surface area contributed by atoms with E-state index in [2.05, 4.69) is 15.6 Å². The molecule has 1 unspecified atom stereocenters. The summed E-state index contributed by atoms with van der Waals surface area (Å²) in [5.41, 5.74) is 0.765. The SMILES string of the molecule is CC(NC(=O)N1CCNC(=O)CC1)c1nc2ccccc2n1C(F)F. The van der Waals surface area contributed by atoms with Gasteiger partial charge in [-0.2, -0.15) is 8.78 Å². The van der Waals surface area contributed by atoms with E-state index in [1.54, 1.807) is 31.2 Å². The van der Waals surface area contributed by atoms with Crippen molar-refractivity contribution in [2.45, 2.75) is 25.9 Å². The molecule has 134 valence electrons. The number of alkyl halides is 2. The van der Waals surface area contributed by atoms with Crippen LogP contribution in [0.5, 0.6) is 0 Å². The molecule has 1 aromatic carbocycles. The zero-order chi connectivity index (χ0) is 18.0. The number of benzene rings is 1. The van der Waals surface area contributed by atoms with Crippen LogP contribution in [-0.4, -0.2) is 46.0 Å². The number of aromatic nitrogens is 2. The van der Waals surface area contributed by atoms with Gasteiger partial charge in [-0.25, -0.2) is 9.78 Å². The molecule has 1 atom stereocenters. The maximum absolute atomic E-state index is 13.5. The second-order valence-corrected chi connectivity index (χ2v) is 5.86. The topological polar surface area (TPSA) is 79.3 Å². The van der Waals surface area contributed by atoms with E-state index < -0.39 is 18.6 Å². The molecular formula is C16H19F2N5O2. The molecule has 25 heavy (non-hydrogen) atoms. The van der Waals surface area contributed by atoms with Crippen molar-refractivity contribution in [3.63, 3.8) is 0 Å². The van der Waals surface area contributed by atoms with Crippen LogP contribution in [0.4, 0.5) is 13.6 Å². The molecule has 9 heteroatoms. The molecule has 3 amide bonds. The van der Waals surface area contributed by atoms with E-state index in [9.17, 15) is 18.4 Å².